The van der Waals surface area contributed by atoms with E-state index in [0.29, 0.717) is 19.4 Å². The highest BCUT2D eigenvalue weighted by Crippen LogP contribution is 2.24. The van der Waals surface area contributed by atoms with Gasteiger partial charge in [-0.1, -0.05) is 78.4 Å². The number of ether oxygens (including phenoxy) is 1. The number of benzene rings is 3. The summed E-state index contributed by atoms with van der Waals surface area (Å²) in [5.41, 5.74) is 5.56. The number of carbonyl (C=O) groups is 2. The molecule has 0 aliphatic rings. The first-order valence-corrected chi connectivity index (χ1v) is 12.2. The number of nitrogens with one attached hydrogen (secondary N) is 1. The molecule has 1 heterocycles. The fraction of sp³-hybridized carbons (Fsp3) is 0.267. The van der Waals surface area contributed by atoms with E-state index in [1.807, 2.05) is 61.5 Å². The molecule has 0 spiro atoms. The van der Waals surface area contributed by atoms with Crippen molar-refractivity contribution in [1.82, 2.24) is 9.88 Å². The third-order valence-corrected chi connectivity index (χ3v) is 6.18. The Balaban J connectivity index is 1.47. The molecule has 180 valence electrons. The highest BCUT2D eigenvalue weighted by molar-refractivity contribution is 5.85. The molecule has 0 unspecified atom stereocenters. The fourth-order valence-electron chi connectivity index (χ4n) is 4.39. The molecule has 0 saturated heterocycles. The van der Waals surface area contributed by atoms with Gasteiger partial charge in [0.05, 0.1) is 19.1 Å². The van der Waals surface area contributed by atoms with Gasteiger partial charge in [-0.15, -0.1) is 0 Å². The van der Waals surface area contributed by atoms with Crippen molar-refractivity contribution in [2.75, 3.05) is 6.61 Å². The number of nitrogens with zero attached hydrogens (tertiary/aromatic N) is 1. The molecule has 0 saturated carbocycles. The van der Waals surface area contributed by atoms with Crippen molar-refractivity contribution in [2.45, 2.75) is 45.7 Å². The van der Waals surface area contributed by atoms with Gasteiger partial charge in [-0.3, -0.25) is 9.59 Å². The third kappa shape index (κ3) is 6.38. The molecule has 1 atom stereocenters. The number of hydrogen-bond donors (Lipinski definition) is 1. The lowest BCUT2D eigenvalue weighted by molar-refractivity contribution is -0.143. The van der Waals surface area contributed by atoms with Crippen LogP contribution in [0.15, 0.2) is 85.1 Å². The number of aryl methyl sites for hydroxylation is 2. The van der Waals surface area contributed by atoms with Crippen LogP contribution < -0.4 is 5.32 Å². The van der Waals surface area contributed by atoms with Crippen molar-refractivity contribution in [3.05, 3.63) is 107 Å². The molecule has 0 bridgehead atoms. The smallest absolute Gasteiger partial charge is 0.308 e. The van der Waals surface area contributed by atoms with Crippen LogP contribution in [0.4, 0.5) is 0 Å². The molecule has 5 heteroatoms. The summed E-state index contributed by atoms with van der Waals surface area (Å²) in [5, 5.41) is 4.23. The summed E-state index contributed by atoms with van der Waals surface area (Å²) in [6, 6.07) is 26.1. The van der Waals surface area contributed by atoms with Gasteiger partial charge >= 0.3 is 5.97 Å². The molecular weight excluding hydrogens is 436 g/mol. The Morgan fingerprint density at radius 3 is 2.40 bits per heavy atom. The molecule has 4 rings (SSSR count). The topological polar surface area (TPSA) is 60.3 Å². The largest absolute Gasteiger partial charge is 0.466 e. The Labute approximate surface area is 206 Å². The SMILES string of the molecule is CCOC(=O)C[C@H](NC(=O)CCc1cn(Cc2ccccc2)c2ccccc12)c1ccc(C)cc1. The van der Waals surface area contributed by atoms with Gasteiger partial charge in [0.15, 0.2) is 0 Å². The molecule has 1 amide bonds. The molecule has 3 aromatic carbocycles. The lowest BCUT2D eigenvalue weighted by Crippen LogP contribution is -2.30. The van der Waals surface area contributed by atoms with E-state index in [1.165, 1.54) is 5.56 Å². The maximum absolute atomic E-state index is 13.0. The van der Waals surface area contributed by atoms with Crippen LogP contribution in [0, 0.1) is 6.92 Å². The predicted octanol–water partition coefficient (Wildman–Crippen LogP) is 5.74. The standard InChI is InChI=1S/C30H32N2O3/c1-3-35-30(34)19-27(24-15-13-22(2)14-16-24)31-29(33)18-17-25-21-32(20-23-9-5-4-6-10-23)28-12-8-7-11-26(25)28/h4-16,21,27H,3,17-20H2,1-2H3,(H,31,33)/t27-/m0/s1. The number of carbonyl (C=O) groups excluding carboxylic acids is 2. The van der Waals surface area contributed by atoms with Crippen LogP contribution in [-0.2, 0) is 27.3 Å². The van der Waals surface area contributed by atoms with Crippen molar-refractivity contribution in [2.24, 2.45) is 0 Å². The molecule has 1 N–H and O–H groups in total. The van der Waals surface area contributed by atoms with Crippen molar-refractivity contribution in [3.8, 4) is 0 Å². The summed E-state index contributed by atoms with van der Waals surface area (Å²) in [7, 11) is 0. The molecule has 5 nitrogen and oxygen atoms in total. The number of amides is 1. The molecule has 0 aliphatic heterocycles. The van der Waals surface area contributed by atoms with E-state index in [1.54, 1.807) is 6.92 Å². The molecular formula is C30H32N2O3. The van der Waals surface area contributed by atoms with E-state index in [9.17, 15) is 9.59 Å². The van der Waals surface area contributed by atoms with E-state index < -0.39 is 6.04 Å². The van der Waals surface area contributed by atoms with E-state index in [-0.39, 0.29) is 18.3 Å². The van der Waals surface area contributed by atoms with Gasteiger partial charge < -0.3 is 14.6 Å². The number of esters is 1. The minimum absolute atomic E-state index is 0.0836. The summed E-state index contributed by atoms with van der Waals surface area (Å²) < 4.78 is 7.38. The minimum atomic E-state index is -0.415. The summed E-state index contributed by atoms with van der Waals surface area (Å²) in [4.78, 5) is 25.1. The first kappa shape index (κ1) is 24.3. The van der Waals surface area contributed by atoms with Gasteiger partial charge in [0.25, 0.3) is 0 Å². The Morgan fingerprint density at radius 2 is 1.66 bits per heavy atom. The van der Waals surface area contributed by atoms with Crippen LogP contribution in [0.5, 0.6) is 0 Å². The van der Waals surface area contributed by atoms with Gasteiger partial charge in [0.1, 0.15) is 0 Å². The van der Waals surface area contributed by atoms with E-state index in [0.717, 1.165) is 34.1 Å². The monoisotopic (exact) mass is 468 g/mol. The molecule has 0 radical (unpaired) electrons. The summed E-state index contributed by atoms with van der Waals surface area (Å²) in [6.45, 7) is 4.89. The van der Waals surface area contributed by atoms with Crippen LogP contribution in [0.3, 0.4) is 0 Å². The summed E-state index contributed by atoms with van der Waals surface area (Å²) >= 11 is 0. The molecule has 0 aliphatic carbocycles. The first-order valence-electron chi connectivity index (χ1n) is 12.2. The molecule has 35 heavy (non-hydrogen) atoms. The lowest BCUT2D eigenvalue weighted by Gasteiger charge is -2.19. The predicted molar refractivity (Wildman–Crippen MR) is 139 cm³/mol. The Morgan fingerprint density at radius 1 is 0.943 bits per heavy atom. The Kier molecular flexibility index (Phi) is 7.99. The number of fused-ring (bicyclic) bond motifs is 1. The maximum Gasteiger partial charge on any atom is 0.308 e. The zero-order chi connectivity index (χ0) is 24.6. The number of aromatic nitrogens is 1. The van der Waals surface area contributed by atoms with Gasteiger partial charge in [0, 0.05) is 30.1 Å². The highest BCUT2D eigenvalue weighted by atomic mass is 16.5. The molecule has 4 aromatic rings. The van der Waals surface area contributed by atoms with Crippen molar-refractivity contribution in [1.29, 1.82) is 0 Å². The maximum atomic E-state index is 13.0. The zero-order valence-electron chi connectivity index (χ0n) is 20.4. The number of rotatable bonds is 10. The van der Waals surface area contributed by atoms with Gasteiger partial charge in [-0.2, -0.15) is 0 Å². The van der Waals surface area contributed by atoms with Crippen molar-refractivity contribution in [3.63, 3.8) is 0 Å². The normalized spacial score (nSPS) is 11.8. The fourth-order valence-corrected chi connectivity index (χ4v) is 4.39. The van der Waals surface area contributed by atoms with Gasteiger partial charge in [0.2, 0.25) is 5.91 Å². The second kappa shape index (κ2) is 11.5. The average molecular weight is 469 g/mol. The van der Waals surface area contributed by atoms with E-state index in [4.69, 9.17) is 4.74 Å². The van der Waals surface area contributed by atoms with Crippen molar-refractivity contribution < 1.29 is 14.3 Å². The van der Waals surface area contributed by atoms with Crippen LogP contribution in [0.1, 0.15) is 48.1 Å². The highest BCUT2D eigenvalue weighted by Gasteiger charge is 2.20. The number of para-hydroxylation sites is 1. The second-order valence-electron chi connectivity index (χ2n) is 8.82. The van der Waals surface area contributed by atoms with Crippen LogP contribution in [0.2, 0.25) is 0 Å². The number of hydrogen-bond acceptors (Lipinski definition) is 3. The molecule has 0 fully saturated rings. The summed E-state index contributed by atoms with van der Waals surface area (Å²) in [5.74, 6) is -0.401. The quantitative estimate of drug-likeness (QED) is 0.302. The molecule has 1 aromatic heterocycles. The Bertz CT molecular complexity index is 1280. The summed E-state index contributed by atoms with van der Waals surface area (Å²) in [6.07, 6.45) is 3.22. The second-order valence-corrected chi connectivity index (χ2v) is 8.82. The first-order chi connectivity index (χ1) is 17.0. The minimum Gasteiger partial charge on any atom is -0.466 e. The van der Waals surface area contributed by atoms with Crippen LogP contribution >= 0.6 is 0 Å². The third-order valence-electron chi connectivity index (χ3n) is 6.18. The van der Waals surface area contributed by atoms with E-state index >= 15 is 0 Å². The van der Waals surface area contributed by atoms with Crippen LogP contribution in [-0.4, -0.2) is 23.1 Å². The lowest BCUT2D eigenvalue weighted by atomic mass is 10.0. The zero-order valence-corrected chi connectivity index (χ0v) is 20.4. The van der Waals surface area contributed by atoms with E-state index in [2.05, 4.69) is 40.3 Å². The van der Waals surface area contributed by atoms with Gasteiger partial charge in [-0.25, -0.2) is 0 Å². The Hall–Kier alpha value is -3.86. The van der Waals surface area contributed by atoms with Gasteiger partial charge in [-0.05, 0) is 43.0 Å². The average Bonchev–Trinajstić information content (AvgIpc) is 3.21. The van der Waals surface area contributed by atoms with Crippen molar-refractivity contribution >= 4 is 22.8 Å². The van der Waals surface area contributed by atoms with Crippen LogP contribution in [0.25, 0.3) is 10.9 Å².